The molecule has 106 valence electrons. The summed E-state index contributed by atoms with van der Waals surface area (Å²) in [6, 6.07) is -0.148. The molecule has 0 aliphatic rings. The molecular weight excluding hydrogens is 232 g/mol. The topological polar surface area (TPSA) is 69.6 Å². The van der Waals surface area contributed by atoms with E-state index in [1.807, 2.05) is 27.7 Å². The Hall–Kier alpha value is -1.26. The van der Waals surface area contributed by atoms with Gasteiger partial charge in [-0.25, -0.2) is 4.79 Å². The molecule has 0 spiro atoms. The van der Waals surface area contributed by atoms with Crippen LogP contribution in [0.5, 0.6) is 0 Å². The van der Waals surface area contributed by atoms with Gasteiger partial charge in [0, 0.05) is 25.6 Å². The first kappa shape index (κ1) is 16.7. The van der Waals surface area contributed by atoms with Gasteiger partial charge in [-0.1, -0.05) is 20.3 Å². The third-order valence-electron chi connectivity index (χ3n) is 3.66. The molecule has 0 rings (SSSR count). The summed E-state index contributed by atoms with van der Waals surface area (Å²) in [7, 11) is 1.76. The molecule has 2 N–H and O–H groups in total. The molecule has 18 heavy (non-hydrogen) atoms. The maximum absolute atomic E-state index is 11.9. The zero-order valence-corrected chi connectivity index (χ0v) is 12.1. The lowest BCUT2D eigenvalue weighted by atomic mass is 10.0. The number of urea groups is 1. The summed E-state index contributed by atoms with van der Waals surface area (Å²) in [5, 5.41) is 11.5. The molecule has 0 aliphatic carbocycles. The van der Waals surface area contributed by atoms with Crippen LogP contribution in [-0.2, 0) is 4.79 Å². The lowest BCUT2D eigenvalue weighted by molar-refractivity contribution is -0.138. The molecule has 0 saturated carbocycles. The number of carbonyl (C=O) groups excluding carboxylic acids is 1. The van der Waals surface area contributed by atoms with Gasteiger partial charge in [-0.15, -0.1) is 0 Å². The predicted molar refractivity (Wildman–Crippen MR) is 71.6 cm³/mol. The molecule has 0 radical (unpaired) electrons. The van der Waals surface area contributed by atoms with Crippen LogP contribution in [0.25, 0.3) is 0 Å². The number of nitrogens with one attached hydrogen (secondary N) is 1. The number of amides is 2. The first-order valence-corrected chi connectivity index (χ1v) is 6.48. The molecule has 0 aromatic carbocycles. The lowest BCUT2D eigenvalue weighted by Gasteiger charge is -2.35. The minimum Gasteiger partial charge on any atom is -0.481 e. The fourth-order valence-corrected chi connectivity index (χ4v) is 1.47. The van der Waals surface area contributed by atoms with E-state index in [1.54, 1.807) is 11.9 Å². The number of carboxylic acids is 1. The predicted octanol–water partition coefficient (Wildman–Crippen LogP) is 2.32. The Morgan fingerprint density at radius 1 is 1.33 bits per heavy atom. The van der Waals surface area contributed by atoms with E-state index in [0.29, 0.717) is 6.54 Å². The van der Waals surface area contributed by atoms with Crippen molar-refractivity contribution < 1.29 is 14.7 Å². The summed E-state index contributed by atoms with van der Waals surface area (Å²) < 4.78 is 0. The van der Waals surface area contributed by atoms with Crippen LogP contribution in [0.4, 0.5) is 4.79 Å². The Balaban J connectivity index is 4.28. The molecule has 0 saturated heterocycles. The van der Waals surface area contributed by atoms with Crippen molar-refractivity contribution in [2.45, 2.75) is 52.5 Å². The van der Waals surface area contributed by atoms with Crippen LogP contribution in [0.2, 0.25) is 0 Å². The molecule has 0 aliphatic heterocycles. The molecular formula is C13H26N2O3. The smallest absolute Gasteiger partial charge is 0.317 e. The molecule has 1 unspecified atom stereocenters. The van der Waals surface area contributed by atoms with Gasteiger partial charge in [-0.05, 0) is 26.2 Å². The van der Waals surface area contributed by atoms with E-state index < -0.39 is 5.97 Å². The maximum Gasteiger partial charge on any atom is 0.317 e. The van der Waals surface area contributed by atoms with Crippen LogP contribution in [0, 0.1) is 5.92 Å². The quantitative estimate of drug-likeness (QED) is 0.736. The summed E-state index contributed by atoms with van der Waals surface area (Å²) >= 11 is 0. The Kier molecular flexibility index (Phi) is 6.73. The van der Waals surface area contributed by atoms with Gasteiger partial charge in [-0.3, -0.25) is 4.79 Å². The number of carbonyl (C=O) groups is 2. The van der Waals surface area contributed by atoms with Crippen LogP contribution < -0.4 is 5.32 Å². The number of hydrogen-bond acceptors (Lipinski definition) is 2. The Morgan fingerprint density at radius 2 is 1.89 bits per heavy atom. The Morgan fingerprint density at radius 3 is 2.28 bits per heavy atom. The van der Waals surface area contributed by atoms with Crippen molar-refractivity contribution in [3.63, 3.8) is 0 Å². The fraction of sp³-hybridized carbons (Fsp3) is 0.846. The number of nitrogens with zero attached hydrogens (tertiary/aromatic N) is 1. The minimum absolute atomic E-state index is 0.00964. The summed E-state index contributed by atoms with van der Waals surface area (Å²) in [6.07, 6.45) is 1.70. The Bertz CT molecular complexity index is 290. The monoisotopic (exact) mass is 258 g/mol. The molecule has 0 heterocycles. The van der Waals surface area contributed by atoms with E-state index in [0.717, 1.165) is 12.8 Å². The van der Waals surface area contributed by atoms with Crippen molar-refractivity contribution in [1.29, 1.82) is 0 Å². The number of carboxylic acid groups (broad SMARTS) is 1. The summed E-state index contributed by atoms with van der Waals surface area (Å²) in [5.74, 6) is -0.831. The van der Waals surface area contributed by atoms with Crippen LogP contribution in [0.3, 0.4) is 0 Å². The van der Waals surface area contributed by atoms with Crippen molar-refractivity contribution in [2.75, 3.05) is 13.6 Å². The van der Waals surface area contributed by atoms with Crippen LogP contribution >= 0.6 is 0 Å². The van der Waals surface area contributed by atoms with Crippen molar-refractivity contribution >= 4 is 12.0 Å². The van der Waals surface area contributed by atoms with Crippen molar-refractivity contribution in [1.82, 2.24) is 10.2 Å². The van der Waals surface area contributed by atoms with Crippen LogP contribution in [-0.4, -0.2) is 41.1 Å². The lowest BCUT2D eigenvalue weighted by Crippen LogP contribution is -2.50. The van der Waals surface area contributed by atoms with E-state index in [9.17, 15) is 9.59 Å². The molecule has 1 atom stereocenters. The van der Waals surface area contributed by atoms with Crippen molar-refractivity contribution in [2.24, 2.45) is 5.92 Å². The highest BCUT2D eigenvalue weighted by Gasteiger charge is 2.25. The van der Waals surface area contributed by atoms with Gasteiger partial charge in [0.2, 0.25) is 0 Å². The third-order valence-corrected chi connectivity index (χ3v) is 3.66. The first-order chi connectivity index (χ1) is 8.24. The molecule has 5 nitrogen and oxygen atoms in total. The second-order valence-electron chi connectivity index (χ2n) is 5.28. The minimum atomic E-state index is -0.821. The molecule has 2 amide bonds. The zero-order valence-electron chi connectivity index (χ0n) is 12.1. The highest BCUT2D eigenvalue weighted by Crippen LogP contribution is 2.16. The van der Waals surface area contributed by atoms with E-state index in [1.165, 1.54) is 0 Å². The summed E-state index contributed by atoms with van der Waals surface area (Å²) in [4.78, 5) is 24.2. The van der Waals surface area contributed by atoms with Gasteiger partial charge < -0.3 is 15.3 Å². The average Bonchev–Trinajstić information content (AvgIpc) is 2.32. The summed E-state index contributed by atoms with van der Waals surface area (Å²) in [6.45, 7) is 8.37. The SMILES string of the molecule is CCC(CNC(=O)N(C)C(C)(C)CC)CC(=O)O. The second kappa shape index (κ2) is 7.24. The van der Waals surface area contributed by atoms with Gasteiger partial charge in [0.1, 0.15) is 0 Å². The van der Waals surface area contributed by atoms with Crippen LogP contribution in [0.1, 0.15) is 47.0 Å². The second-order valence-corrected chi connectivity index (χ2v) is 5.28. The van der Waals surface area contributed by atoms with Crippen LogP contribution in [0.15, 0.2) is 0 Å². The maximum atomic E-state index is 11.9. The van der Waals surface area contributed by atoms with Gasteiger partial charge in [-0.2, -0.15) is 0 Å². The third kappa shape index (κ3) is 5.38. The van der Waals surface area contributed by atoms with E-state index in [4.69, 9.17) is 5.11 Å². The number of hydrogen-bond donors (Lipinski definition) is 2. The Labute approximate surface area is 110 Å². The average molecular weight is 258 g/mol. The standard InChI is InChI=1S/C13H26N2O3/c1-6-10(8-11(16)17)9-14-12(18)15(5)13(3,4)7-2/h10H,6-9H2,1-5H3,(H,14,18)(H,16,17). The van der Waals surface area contributed by atoms with Crippen molar-refractivity contribution in [3.05, 3.63) is 0 Å². The molecule has 0 aromatic heterocycles. The largest absolute Gasteiger partial charge is 0.481 e. The van der Waals surface area contributed by atoms with Gasteiger partial charge >= 0.3 is 12.0 Å². The van der Waals surface area contributed by atoms with E-state index in [2.05, 4.69) is 5.32 Å². The number of aliphatic carboxylic acids is 1. The first-order valence-electron chi connectivity index (χ1n) is 6.48. The normalized spacial score (nSPS) is 12.9. The van der Waals surface area contributed by atoms with Gasteiger partial charge in [0.05, 0.1) is 0 Å². The van der Waals surface area contributed by atoms with Crippen molar-refractivity contribution in [3.8, 4) is 0 Å². The highest BCUT2D eigenvalue weighted by molar-refractivity contribution is 5.74. The van der Waals surface area contributed by atoms with Gasteiger partial charge in [0.25, 0.3) is 0 Å². The van der Waals surface area contributed by atoms with Gasteiger partial charge in [0.15, 0.2) is 0 Å². The fourth-order valence-electron chi connectivity index (χ4n) is 1.47. The molecule has 5 heteroatoms. The highest BCUT2D eigenvalue weighted by atomic mass is 16.4. The molecule has 0 bridgehead atoms. The number of rotatable bonds is 7. The molecule has 0 aromatic rings. The summed E-state index contributed by atoms with van der Waals surface area (Å²) in [5.41, 5.74) is -0.196. The van der Waals surface area contributed by atoms with E-state index >= 15 is 0 Å². The zero-order chi connectivity index (χ0) is 14.3. The van der Waals surface area contributed by atoms with E-state index in [-0.39, 0.29) is 23.9 Å². The molecule has 0 fully saturated rings.